The van der Waals surface area contributed by atoms with Crippen LogP contribution in [0.2, 0.25) is 0 Å². The third kappa shape index (κ3) is 9.65. The van der Waals surface area contributed by atoms with Gasteiger partial charge in [0, 0.05) is 0 Å². The molecular weight excluding hydrogens is 330 g/mol. The summed E-state index contributed by atoms with van der Waals surface area (Å²) in [6.07, 6.45) is 7.57. The van der Waals surface area contributed by atoms with Gasteiger partial charge in [0.25, 0.3) is 0 Å². The molecule has 0 aliphatic carbocycles. The lowest BCUT2D eigenvalue weighted by Crippen LogP contribution is -2.28. The van der Waals surface area contributed by atoms with Crippen LogP contribution in [0.4, 0.5) is 0 Å². The van der Waals surface area contributed by atoms with Gasteiger partial charge in [-0.25, -0.2) is 0 Å². The normalized spacial score (nSPS) is 13.2. The number of benzene rings is 1. The summed E-state index contributed by atoms with van der Waals surface area (Å²) in [7, 11) is 0. The van der Waals surface area contributed by atoms with Crippen LogP contribution < -0.4 is 4.74 Å². The summed E-state index contributed by atoms with van der Waals surface area (Å²) in [5, 5.41) is 0. The number of hydrogen-bond donors (Lipinski definition) is 0. The predicted molar refractivity (Wildman–Crippen MR) is 120 cm³/mol. The molecule has 156 valence electrons. The molecule has 0 aliphatic heterocycles. The number of hydrogen-bond acceptors (Lipinski definition) is 2. The molecule has 0 fully saturated rings. The fourth-order valence-electron chi connectivity index (χ4n) is 3.30. The van der Waals surface area contributed by atoms with E-state index in [0.717, 1.165) is 24.7 Å². The van der Waals surface area contributed by atoms with Gasteiger partial charge >= 0.3 is 0 Å². The fourth-order valence-corrected chi connectivity index (χ4v) is 3.30. The second-order valence-electron chi connectivity index (χ2n) is 9.30. The van der Waals surface area contributed by atoms with E-state index in [0.29, 0.717) is 0 Å². The van der Waals surface area contributed by atoms with E-state index in [9.17, 15) is 0 Å². The second-order valence-corrected chi connectivity index (χ2v) is 9.30. The van der Waals surface area contributed by atoms with Crippen LogP contribution >= 0.6 is 0 Å². The second kappa shape index (κ2) is 12.4. The van der Waals surface area contributed by atoms with Gasteiger partial charge in [-0.3, -0.25) is 0 Å². The van der Waals surface area contributed by atoms with Crippen LogP contribution in [0.3, 0.4) is 0 Å². The number of rotatable bonds is 13. The smallest absolute Gasteiger partial charge is 0.123 e. The number of nitrogens with zero attached hydrogens (tertiary/aromatic N) is 1. The van der Waals surface area contributed by atoms with Gasteiger partial charge in [0.15, 0.2) is 0 Å². The summed E-state index contributed by atoms with van der Waals surface area (Å²) in [6, 6.07) is 6.58. The van der Waals surface area contributed by atoms with Crippen molar-refractivity contribution in [2.24, 2.45) is 5.92 Å². The predicted octanol–water partition coefficient (Wildman–Crippen LogP) is 6.99. The molecule has 0 saturated carbocycles. The lowest BCUT2D eigenvalue weighted by atomic mass is 9.85. The van der Waals surface area contributed by atoms with Gasteiger partial charge in [0.1, 0.15) is 5.75 Å². The first-order valence-corrected chi connectivity index (χ1v) is 11.2. The van der Waals surface area contributed by atoms with Gasteiger partial charge < -0.3 is 9.64 Å². The molecule has 2 heteroatoms. The molecule has 1 unspecified atom stereocenters. The van der Waals surface area contributed by atoms with Crippen molar-refractivity contribution in [2.45, 2.75) is 92.4 Å². The van der Waals surface area contributed by atoms with Crippen molar-refractivity contribution in [3.05, 3.63) is 29.3 Å². The van der Waals surface area contributed by atoms with E-state index < -0.39 is 0 Å². The Morgan fingerprint density at radius 3 is 2.33 bits per heavy atom. The monoisotopic (exact) mass is 375 g/mol. The zero-order chi connectivity index (χ0) is 20.3. The molecule has 0 N–H and O–H groups in total. The maximum atomic E-state index is 6.18. The van der Waals surface area contributed by atoms with Crippen LogP contribution in [0.15, 0.2) is 18.2 Å². The first kappa shape index (κ1) is 24.0. The van der Waals surface area contributed by atoms with E-state index in [-0.39, 0.29) is 5.41 Å². The molecule has 27 heavy (non-hydrogen) atoms. The van der Waals surface area contributed by atoms with Crippen LogP contribution in [0.5, 0.6) is 5.75 Å². The minimum Gasteiger partial charge on any atom is -0.493 e. The first-order chi connectivity index (χ1) is 12.8. The molecule has 0 aromatic heterocycles. The van der Waals surface area contributed by atoms with Gasteiger partial charge in [-0.15, -0.1) is 0 Å². The maximum absolute atomic E-state index is 6.18. The van der Waals surface area contributed by atoms with Gasteiger partial charge in [0.05, 0.1) is 6.61 Å². The summed E-state index contributed by atoms with van der Waals surface area (Å²) < 4.78 is 6.18. The van der Waals surface area contributed by atoms with E-state index in [1.807, 2.05) is 0 Å². The standard InChI is InChI=1S/C25H45NO/c1-8-10-16-26(18-15-21(3)9-2)17-11-12-19-27-24-14-13-22(4)20-23(24)25(5,6)7/h13-14,20-21H,8-12,15-19H2,1-7H3. The minimum absolute atomic E-state index is 0.119. The highest BCUT2D eigenvalue weighted by molar-refractivity contribution is 5.41. The van der Waals surface area contributed by atoms with E-state index >= 15 is 0 Å². The van der Waals surface area contributed by atoms with Crippen molar-refractivity contribution in [1.82, 2.24) is 4.90 Å². The zero-order valence-corrected chi connectivity index (χ0v) is 19.2. The van der Waals surface area contributed by atoms with E-state index in [2.05, 4.69) is 71.6 Å². The Morgan fingerprint density at radius 2 is 1.70 bits per heavy atom. The van der Waals surface area contributed by atoms with Gasteiger partial charge in [0.2, 0.25) is 0 Å². The Bertz CT molecular complexity index is 518. The Labute approximate surface area is 169 Å². The average molecular weight is 376 g/mol. The van der Waals surface area contributed by atoms with E-state index in [1.165, 1.54) is 62.9 Å². The van der Waals surface area contributed by atoms with Crippen molar-refractivity contribution < 1.29 is 4.74 Å². The fraction of sp³-hybridized carbons (Fsp3) is 0.760. The van der Waals surface area contributed by atoms with Crippen molar-refractivity contribution in [3.8, 4) is 5.75 Å². The molecule has 2 nitrogen and oxygen atoms in total. The van der Waals surface area contributed by atoms with Crippen LogP contribution in [0.1, 0.15) is 91.2 Å². The lowest BCUT2D eigenvalue weighted by molar-refractivity contribution is 0.232. The largest absolute Gasteiger partial charge is 0.493 e. The summed E-state index contributed by atoms with van der Waals surface area (Å²) in [5.74, 6) is 1.91. The zero-order valence-electron chi connectivity index (χ0n) is 19.2. The molecule has 0 radical (unpaired) electrons. The Hall–Kier alpha value is -1.02. The number of unbranched alkanes of at least 4 members (excludes halogenated alkanes) is 2. The molecule has 1 rings (SSSR count). The molecule has 0 spiro atoms. The molecule has 0 amide bonds. The highest BCUT2D eigenvalue weighted by Gasteiger charge is 2.19. The van der Waals surface area contributed by atoms with E-state index in [4.69, 9.17) is 4.74 Å². The lowest BCUT2D eigenvalue weighted by Gasteiger charge is -2.24. The molecule has 1 aromatic carbocycles. The van der Waals surface area contributed by atoms with Crippen molar-refractivity contribution in [3.63, 3.8) is 0 Å². The Morgan fingerprint density at radius 1 is 1.00 bits per heavy atom. The number of ether oxygens (including phenoxy) is 1. The van der Waals surface area contributed by atoms with Crippen molar-refractivity contribution >= 4 is 0 Å². The third-order valence-electron chi connectivity index (χ3n) is 5.53. The molecular formula is C25H45NO. The van der Waals surface area contributed by atoms with Crippen LogP contribution in [-0.4, -0.2) is 31.1 Å². The highest BCUT2D eigenvalue weighted by atomic mass is 16.5. The highest BCUT2D eigenvalue weighted by Crippen LogP contribution is 2.32. The van der Waals surface area contributed by atoms with Crippen LogP contribution in [0.25, 0.3) is 0 Å². The maximum Gasteiger partial charge on any atom is 0.123 e. The summed E-state index contributed by atoms with van der Waals surface area (Å²) in [5.41, 5.74) is 2.75. The summed E-state index contributed by atoms with van der Waals surface area (Å²) in [6.45, 7) is 20.4. The number of aryl methyl sites for hydroxylation is 1. The quantitative estimate of drug-likeness (QED) is 0.344. The van der Waals surface area contributed by atoms with Gasteiger partial charge in [-0.1, -0.05) is 72.1 Å². The van der Waals surface area contributed by atoms with Crippen molar-refractivity contribution in [2.75, 3.05) is 26.2 Å². The van der Waals surface area contributed by atoms with Crippen LogP contribution in [-0.2, 0) is 5.41 Å². The summed E-state index contributed by atoms with van der Waals surface area (Å²) in [4.78, 5) is 2.67. The van der Waals surface area contributed by atoms with Crippen molar-refractivity contribution in [1.29, 1.82) is 0 Å². The Balaban J connectivity index is 2.43. The molecule has 1 aromatic rings. The molecule has 1 atom stereocenters. The molecule has 0 bridgehead atoms. The molecule has 0 saturated heterocycles. The van der Waals surface area contributed by atoms with Crippen LogP contribution in [0, 0.1) is 12.8 Å². The van der Waals surface area contributed by atoms with Gasteiger partial charge in [-0.2, -0.15) is 0 Å². The minimum atomic E-state index is 0.119. The summed E-state index contributed by atoms with van der Waals surface area (Å²) >= 11 is 0. The SMILES string of the molecule is CCCCN(CCCCOc1ccc(C)cc1C(C)(C)C)CCC(C)CC. The topological polar surface area (TPSA) is 12.5 Å². The third-order valence-corrected chi connectivity index (χ3v) is 5.53. The van der Waals surface area contributed by atoms with E-state index in [1.54, 1.807) is 0 Å². The molecule has 0 aliphatic rings. The van der Waals surface area contributed by atoms with Gasteiger partial charge in [-0.05, 0) is 75.2 Å². The molecule has 0 heterocycles. The average Bonchev–Trinajstić information content (AvgIpc) is 2.62. The Kier molecular flexibility index (Phi) is 11.1. The first-order valence-electron chi connectivity index (χ1n) is 11.2.